The minimum Gasteiger partial charge on any atom is -0.330 e. The van der Waals surface area contributed by atoms with Gasteiger partial charge in [0.15, 0.2) is 0 Å². The van der Waals surface area contributed by atoms with Crippen molar-refractivity contribution in [3.05, 3.63) is 11.8 Å². The summed E-state index contributed by atoms with van der Waals surface area (Å²) in [7, 11) is 0. The first-order valence-electron chi connectivity index (χ1n) is 4.17. The minimum atomic E-state index is 0.142. The zero-order valence-electron chi connectivity index (χ0n) is 7.18. The summed E-state index contributed by atoms with van der Waals surface area (Å²) < 4.78 is 0. The van der Waals surface area contributed by atoms with Crippen LogP contribution >= 0.6 is 0 Å². The second-order valence-electron chi connectivity index (χ2n) is 3.41. The minimum absolute atomic E-state index is 0.142. The number of nitrogens with one attached hydrogen (secondary N) is 1. The summed E-state index contributed by atoms with van der Waals surface area (Å²) in [6.07, 6.45) is 4.74. The van der Waals surface area contributed by atoms with Crippen LogP contribution < -0.4 is 5.32 Å². The first-order chi connectivity index (χ1) is 5.18. The Morgan fingerprint density at radius 1 is 1.64 bits per heavy atom. The van der Waals surface area contributed by atoms with Crippen LogP contribution in [0.5, 0.6) is 0 Å². The van der Waals surface area contributed by atoms with Gasteiger partial charge in [0.2, 0.25) is 5.91 Å². The van der Waals surface area contributed by atoms with E-state index in [1.807, 2.05) is 6.08 Å². The molecule has 1 aliphatic heterocycles. The normalized spacial score (nSPS) is 17.0. The molecule has 0 aromatic carbocycles. The summed E-state index contributed by atoms with van der Waals surface area (Å²) in [5.74, 6) is 0.858. The maximum atomic E-state index is 10.7. The molecule has 62 valence electrons. The predicted molar refractivity (Wildman–Crippen MR) is 44.9 cm³/mol. The van der Waals surface area contributed by atoms with Crippen LogP contribution in [0.4, 0.5) is 0 Å². The Labute approximate surface area is 67.7 Å². The molecule has 0 unspecified atom stereocenters. The van der Waals surface area contributed by atoms with Crippen molar-refractivity contribution in [3.63, 3.8) is 0 Å². The molecule has 1 heterocycles. The lowest BCUT2D eigenvalue weighted by Gasteiger charge is -2.04. The van der Waals surface area contributed by atoms with E-state index in [1.165, 1.54) is 0 Å². The van der Waals surface area contributed by atoms with Crippen LogP contribution in [0.1, 0.15) is 33.1 Å². The molecule has 0 atom stereocenters. The van der Waals surface area contributed by atoms with Gasteiger partial charge in [-0.1, -0.05) is 19.9 Å². The quantitative estimate of drug-likeness (QED) is 0.658. The zero-order chi connectivity index (χ0) is 8.27. The number of carbonyl (C=O) groups excluding carboxylic acids is 1. The van der Waals surface area contributed by atoms with Gasteiger partial charge >= 0.3 is 0 Å². The van der Waals surface area contributed by atoms with Gasteiger partial charge in [-0.25, -0.2) is 0 Å². The van der Waals surface area contributed by atoms with Crippen LogP contribution in [-0.2, 0) is 4.79 Å². The third-order valence-corrected chi connectivity index (χ3v) is 1.82. The van der Waals surface area contributed by atoms with Gasteiger partial charge in [0.05, 0.1) is 0 Å². The fourth-order valence-electron chi connectivity index (χ4n) is 1.11. The second kappa shape index (κ2) is 3.56. The average Bonchev–Trinajstić information content (AvgIpc) is 2.31. The van der Waals surface area contributed by atoms with E-state index < -0.39 is 0 Å². The van der Waals surface area contributed by atoms with Crippen LogP contribution in [-0.4, -0.2) is 5.91 Å². The first kappa shape index (κ1) is 8.31. The van der Waals surface area contributed by atoms with E-state index in [2.05, 4.69) is 19.2 Å². The van der Waals surface area contributed by atoms with Crippen LogP contribution in [0, 0.1) is 5.92 Å². The van der Waals surface area contributed by atoms with Crippen molar-refractivity contribution in [2.75, 3.05) is 0 Å². The van der Waals surface area contributed by atoms with E-state index in [-0.39, 0.29) is 5.91 Å². The topological polar surface area (TPSA) is 29.1 Å². The number of hydrogen-bond donors (Lipinski definition) is 1. The van der Waals surface area contributed by atoms with E-state index in [1.54, 1.807) is 0 Å². The van der Waals surface area contributed by atoms with Crippen LogP contribution in [0.2, 0.25) is 0 Å². The molecule has 0 aromatic heterocycles. The van der Waals surface area contributed by atoms with Crippen molar-refractivity contribution in [2.45, 2.75) is 33.1 Å². The van der Waals surface area contributed by atoms with Crippen molar-refractivity contribution in [1.82, 2.24) is 5.32 Å². The molecule has 0 fully saturated rings. The van der Waals surface area contributed by atoms with E-state index in [0.29, 0.717) is 12.3 Å². The SMILES string of the molecule is CC(C)CCC1=CCC(=O)N1. The molecule has 0 saturated heterocycles. The van der Waals surface area contributed by atoms with E-state index in [4.69, 9.17) is 0 Å². The highest BCUT2D eigenvalue weighted by molar-refractivity contribution is 5.82. The molecular weight excluding hydrogens is 138 g/mol. The highest BCUT2D eigenvalue weighted by Gasteiger charge is 2.10. The van der Waals surface area contributed by atoms with Gasteiger partial charge in [0.25, 0.3) is 0 Å². The fraction of sp³-hybridized carbons (Fsp3) is 0.667. The molecule has 0 aromatic rings. The molecule has 1 rings (SSSR count). The number of allylic oxidation sites excluding steroid dienone is 1. The van der Waals surface area contributed by atoms with E-state index in [0.717, 1.165) is 18.5 Å². The van der Waals surface area contributed by atoms with Crippen molar-refractivity contribution in [3.8, 4) is 0 Å². The Morgan fingerprint density at radius 2 is 2.36 bits per heavy atom. The largest absolute Gasteiger partial charge is 0.330 e. The standard InChI is InChI=1S/C9H15NO/c1-7(2)3-4-8-5-6-9(11)10-8/h5,7H,3-4,6H2,1-2H3,(H,10,11). The van der Waals surface area contributed by atoms with Crippen molar-refractivity contribution in [1.29, 1.82) is 0 Å². The van der Waals surface area contributed by atoms with Gasteiger partial charge in [-0.2, -0.15) is 0 Å². The van der Waals surface area contributed by atoms with Gasteiger partial charge in [0, 0.05) is 12.1 Å². The van der Waals surface area contributed by atoms with Gasteiger partial charge in [-0.05, 0) is 18.8 Å². The summed E-state index contributed by atoms with van der Waals surface area (Å²) >= 11 is 0. The molecule has 2 heteroatoms. The Bertz CT molecular complexity index is 182. The Morgan fingerprint density at radius 3 is 2.82 bits per heavy atom. The number of carbonyl (C=O) groups is 1. The predicted octanol–water partition coefficient (Wildman–Crippen LogP) is 1.83. The molecule has 0 radical (unpaired) electrons. The van der Waals surface area contributed by atoms with Crippen LogP contribution in [0.3, 0.4) is 0 Å². The van der Waals surface area contributed by atoms with Crippen LogP contribution in [0.25, 0.3) is 0 Å². The number of rotatable bonds is 3. The molecule has 1 N–H and O–H groups in total. The van der Waals surface area contributed by atoms with Crippen molar-refractivity contribution >= 4 is 5.91 Å². The highest BCUT2D eigenvalue weighted by Crippen LogP contribution is 2.13. The Kier molecular flexibility index (Phi) is 2.69. The molecule has 2 nitrogen and oxygen atoms in total. The lowest BCUT2D eigenvalue weighted by molar-refractivity contribution is -0.118. The lowest BCUT2D eigenvalue weighted by atomic mass is 10.1. The molecule has 11 heavy (non-hydrogen) atoms. The maximum Gasteiger partial charge on any atom is 0.227 e. The third-order valence-electron chi connectivity index (χ3n) is 1.82. The zero-order valence-corrected chi connectivity index (χ0v) is 7.18. The fourth-order valence-corrected chi connectivity index (χ4v) is 1.11. The summed E-state index contributed by atoms with van der Waals surface area (Å²) in [4.78, 5) is 10.7. The summed E-state index contributed by atoms with van der Waals surface area (Å²) in [5, 5.41) is 2.83. The van der Waals surface area contributed by atoms with Crippen LogP contribution in [0.15, 0.2) is 11.8 Å². The van der Waals surface area contributed by atoms with Gasteiger partial charge in [-0.3, -0.25) is 4.79 Å². The molecule has 0 saturated carbocycles. The van der Waals surface area contributed by atoms with Crippen molar-refractivity contribution in [2.24, 2.45) is 5.92 Å². The Balaban J connectivity index is 2.23. The summed E-state index contributed by atoms with van der Waals surface area (Å²) in [6, 6.07) is 0. The molecule has 0 bridgehead atoms. The second-order valence-corrected chi connectivity index (χ2v) is 3.41. The maximum absolute atomic E-state index is 10.7. The highest BCUT2D eigenvalue weighted by atomic mass is 16.1. The molecular formula is C9H15NO. The monoisotopic (exact) mass is 153 g/mol. The Hall–Kier alpha value is -0.790. The average molecular weight is 153 g/mol. The van der Waals surface area contributed by atoms with E-state index >= 15 is 0 Å². The summed E-state index contributed by atoms with van der Waals surface area (Å²) in [6.45, 7) is 4.38. The molecule has 1 aliphatic rings. The van der Waals surface area contributed by atoms with Gasteiger partial charge < -0.3 is 5.32 Å². The first-order valence-corrected chi connectivity index (χ1v) is 4.17. The lowest BCUT2D eigenvalue weighted by Crippen LogP contribution is -2.15. The number of hydrogen-bond acceptors (Lipinski definition) is 1. The van der Waals surface area contributed by atoms with Crippen molar-refractivity contribution < 1.29 is 4.79 Å². The summed E-state index contributed by atoms with van der Waals surface area (Å²) in [5.41, 5.74) is 1.11. The molecule has 1 amide bonds. The van der Waals surface area contributed by atoms with E-state index in [9.17, 15) is 4.79 Å². The smallest absolute Gasteiger partial charge is 0.227 e. The number of amides is 1. The molecule has 0 spiro atoms. The third kappa shape index (κ3) is 2.74. The van der Waals surface area contributed by atoms with Gasteiger partial charge in [-0.15, -0.1) is 0 Å². The van der Waals surface area contributed by atoms with Gasteiger partial charge in [0.1, 0.15) is 0 Å². The molecule has 0 aliphatic carbocycles.